The summed E-state index contributed by atoms with van der Waals surface area (Å²) in [6, 6.07) is 17.9. The maximum atomic E-state index is 9.86. The summed E-state index contributed by atoms with van der Waals surface area (Å²) in [6.07, 6.45) is 2.21. The van der Waals surface area contributed by atoms with Crippen molar-refractivity contribution >= 4 is 0 Å². The molecule has 1 saturated heterocycles. The second-order valence-electron chi connectivity index (χ2n) is 8.58. The Kier molecular flexibility index (Phi) is 4.01. The Bertz CT molecular complexity index is 767. The molecule has 2 heteroatoms. The van der Waals surface area contributed by atoms with Crippen LogP contribution in [0, 0.1) is 5.41 Å². The van der Waals surface area contributed by atoms with E-state index in [2.05, 4.69) is 74.2 Å². The molecular formula is C23H29NO. The first-order valence-electron chi connectivity index (χ1n) is 9.47. The summed E-state index contributed by atoms with van der Waals surface area (Å²) < 4.78 is 0. The van der Waals surface area contributed by atoms with Gasteiger partial charge in [0.25, 0.3) is 0 Å². The van der Waals surface area contributed by atoms with Crippen molar-refractivity contribution in [3.63, 3.8) is 0 Å². The van der Waals surface area contributed by atoms with Gasteiger partial charge >= 0.3 is 0 Å². The van der Waals surface area contributed by atoms with Crippen LogP contribution in [0.5, 0.6) is 0 Å². The van der Waals surface area contributed by atoms with Crippen molar-refractivity contribution in [1.82, 2.24) is 4.90 Å². The molecule has 2 aliphatic rings. The highest BCUT2D eigenvalue weighted by Gasteiger charge is 2.55. The molecule has 0 saturated carbocycles. The Morgan fingerprint density at radius 2 is 1.80 bits per heavy atom. The third kappa shape index (κ3) is 2.46. The molecule has 1 aliphatic heterocycles. The zero-order valence-corrected chi connectivity index (χ0v) is 15.6. The van der Waals surface area contributed by atoms with E-state index in [1.165, 1.54) is 23.1 Å². The lowest BCUT2D eigenvalue weighted by atomic mass is 9.50. The molecule has 2 aromatic carbocycles. The van der Waals surface area contributed by atoms with Gasteiger partial charge in [-0.3, -0.25) is 4.90 Å². The number of hydrogen-bond donors (Lipinski definition) is 1. The monoisotopic (exact) mass is 335 g/mol. The molecule has 1 fully saturated rings. The van der Waals surface area contributed by atoms with Crippen LogP contribution in [0.3, 0.4) is 0 Å². The van der Waals surface area contributed by atoms with Crippen LogP contribution < -0.4 is 0 Å². The van der Waals surface area contributed by atoms with E-state index in [0.29, 0.717) is 6.04 Å². The highest BCUT2D eigenvalue weighted by Crippen LogP contribution is 2.56. The molecule has 2 nitrogen and oxygen atoms in total. The molecule has 1 aliphatic carbocycles. The van der Waals surface area contributed by atoms with Gasteiger partial charge in [0.1, 0.15) is 0 Å². The molecule has 1 N–H and O–H groups in total. The first-order chi connectivity index (χ1) is 12.0. The average Bonchev–Trinajstić information content (AvgIpc) is 2.61. The summed E-state index contributed by atoms with van der Waals surface area (Å²) in [5.41, 5.74) is 5.76. The van der Waals surface area contributed by atoms with Gasteiger partial charge in [-0.1, -0.05) is 69.3 Å². The third-order valence-corrected chi connectivity index (χ3v) is 7.26. The summed E-state index contributed by atoms with van der Waals surface area (Å²) in [5.74, 6) is 0. The SMILES string of the molecule is CC12CCN(Cc3ccccc3)C(Cc3c(CO)cccc31)C2(C)C. The quantitative estimate of drug-likeness (QED) is 0.904. The predicted octanol–water partition coefficient (Wildman–Crippen LogP) is 4.29. The number of aliphatic hydroxyl groups is 1. The molecule has 132 valence electrons. The fourth-order valence-corrected chi connectivity index (χ4v) is 5.28. The van der Waals surface area contributed by atoms with Crippen molar-refractivity contribution in [3.05, 3.63) is 70.8 Å². The largest absolute Gasteiger partial charge is 0.392 e. The number of hydrogen-bond acceptors (Lipinski definition) is 2. The van der Waals surface area contributed by atoms with E-state index in [-0.39, 0.29) is 17.4 Å². The van der Waals surface area contributed by atoms with E-state index in [4.69, 9.17) is 0 Å². The maximum Gasteiger partial charge on any atom is 0.0684 e. The average molecular weight is 335 g/mol. The maximum absolute atomic E-state index is 9.86. The van der Waals surface area contributed by atoms with Crippen molar-refractivity contribution in [1.29, 1.82) is 0 Å². The van der Waals surface area contributed by atoms with Crippen LogP contribution in [0.4, 0.5) is 0 Å². The molecule has 25 heavy (non-hydrogen) atoms. The number of likely N-dealkylation sites (tertiary alicyclic amines) is 1. The molecule has 0 radical (unpaired) electrons. The topological polar surface area (TPSA) is 23.5 Å². The van der Waals surface area contributed by atoms with E-state index >= 15 is 0 Å². The number of fused-ring (bicyclic) bond motifs is 4. The molecule has 2 aromatic rings. The number of benzene rings is 2. The second kappa shape index (κ2) is 5.96. The first kappa shape index (κ1) is 16.8. The molecule has 4 rings (SSSR count). The highest BCUT2D eigenvalue weighted by atomic mass is 16.3. The van der Waals surface area contributed by atoms with Gasteiger partial charge in [-0.25, -0.2) is 0 Å². The minimum atomic E-state index is 0.144. The van der Waals surface area contributed by atoms with Gasteiger partial charge in [-0.05, 0) is 47.1 Å². The van der Waals surface area contributed by atoms with Gasteiger partial charge in [0, 0.05) is 18.0 Å². The lowest BCUT2D eigenvalue weighted by molar-refractivity contribution is -0.0425. The third-order valence-electron chi connectivity index (χ3n) is 7.26. The molecule has 0 aromatic heterocycles. The van der Waals surface area contributed by atoms with Crippen molar-refractivity contribution in [2.75, 3.05) is 6.54 Å². The lowest BCUT2D eigenvalue weighted by Gasteiger charge is -2.61. The molecule has 1 heterocycles. The van der Waals surface area contributed by atoms with Gasteiger partial charge in [0.2, 0.25) is 0 Å². The van der Waals surface area contributed by atoms with Crippen LogP contribution in [0.15, 0.2) is 48.5 Å². The normalized spacial score (nSPS) is 27.8. The van der Waals surface area contributed by atoms with Gasteiger partial charge in [0.05, 0.1) is 6.61 Å². The van der Waals surface area contributed by atoms with Crippen LogP contribution in [0.1, 0.15) is 49.4 Å². The fraction of sp³-hybridized carbons (Fsp3) is 0.478. The number of aliphatic hydroxyl groups excluding tert-OH is 1. The first-order valence-corrected chi connectivity index (χ1v) is 9.47. The summed E-state index contributed by atoms with van der Waals surface area (Å²) in [7, 11) is 0. The van der Waals surface area contributed by atoms with Crippen molar-refractivity contribution < 1.29 is 5.11 Å². The molecule has 0 spiro atoms. The van der Waals surface area contributed by atoms with Crippen molar-refractivity contribution in [2.45, 2.75) is 58.2 Å². The van der Waals surface area contributed by atoms with Gasteiger partial charge in [0.15, 0.2) is 0 Å². The summed E-state index contributed by atoms with van der Waals surface area (Å²) >= 11 is 0. The van der Waals surface area contributed by atoms with E-state index in [9.17, 15) is 5.11 Å². The summed E-state index contributed by atoms with van der Waals surface area (Å²) in [4.78, 5) is 2.67. The van der Waals surface area contributed by atoms with Crippen LogP contribution >= 0.6 is 0 Å². The smallest absolute Gasteiger partial charge is 0.0684 e. The number of piperidine rings is 1. The second-order valence-corrected chi connectivity index (χ2v) is 8.58. The fourth-order valence-electron chi connectivity index (χ4n) is 5.28. The van der Waals surface area contributed by atoms with Crippen LogP contribution in [-0.4, -0.2) is 22.6 Å². The van der Waals surface area contributed by atoms with Gasteiger partial charge in [-0.15, -0.1) is 0 Å². The van der Waals surface area contributed by atoms with Crippen LogP contribution in [-0.2, 0) is 25.0 Å². The minimum absolute atomic E-state index is 0.144. The van der Waals surface area contributed by atoms with E-state index in [0.717, 1.165) is 25.1 Å². The summed E-state index contributed by atoms with van der Waals surface area (Å²) in [6.45, 7) is 9.64. The molecule has 2 bridgehead atoms. The molecule has 0 amide bonds. The number of nitrogens with zero attached hydrogens (tertiary/aromatic N) is 1. The Labute approximate surface area is 151 Å². The Hall–Kier alpha value is -1.64. The van der Waals surface area contributed by atoms with Gasteiger partial charge in [-0.2, -0.15) is 0 Å². The Morgan fingerprint density at radius 3 is 2.52 bits per heavy atom. The van der Waals surface area contributed by atoms with Crippen LogP contribution in [0.2, 0.25) is 0 Å². The number of rotatable bonds is 3. The predicted molar refractivity (Wildman–Crippen MR) is 102 cm³/mol. The van der Waals surface area contributed by atoms with Crippen molar-refractivity contribution in [3.8, 4) is 0 Å². The zero-order chi connectivity index (χ0) is 17.7. The highest BCUT2D eigenvalue weighted by molar-refractivity contribution is 5.46. The van der Waals surface area contributed by atoms with Crippen molar-refractivity contribution in [2.24, 2.45) is 5.41 Å². The zero-order valence-electron chi connectivity index (χ0n) is 15.6. The lowest BCUT2D eigenvalue weighted by Crippen LogP contribution is -2.63. The molecule has 2 atom stereocenters. The van der Waals surface area contributed by atoms with Gasteiger partial charge < -0.3 is 5.11 Å². The van der Waals surface area contributed by atoms with Crippen LogP contribution in [0.25, 0.3) is 0 Å². The van der Waals surface area contributed by atoms with E-state index in [1.54, 1.807) is 0 Å². The minimum Gasteiger partial charge on any atom is -0.392 e. The molecule has 2 unspecified atom stereocenters. The van der Waals surface area contributed by atoms with E-state index in [1.807, 2.05) is 0 Å². The molecular weight excluding hydrogens is 306 g/mol. The Morgan fingerprint density at radius 1 is 1.04 bits per heavy atom. The standard InChI is InChI=1S/C23H29NO/c1-22(2)21-14-19-18(16-25)10-7-11-20(19)23(22,3)12-13-24(21)15-17-8-5-4-6-9-17/h4-11,21,25H,12-16H2,1-3H3. The van der Waals surface area contributed by atoms with E-state index < -0.39 is 0 Å². The summed E-state index contributed by atoms with van der Waals surface area (Å²) in [5, 5.41) is 9.86. The Balaban J connectivity index is 1.76.